The maximum absolute atomic E-state index is 4.46. The number of hydrogen-bond donors (Lipinski definition) is 1. The highest BCUT2D eigenvalue weighted by molar-refractivity contribution is 5.35. The molecule has 0 bridgehead atoms. The van der Waals surface area contributed by atoms with E-state index < -0.39 is 0 Å². The Morgan fingerprint density at radius 1 is 1.25 bits per heavy atom. The molecule has 1 aromatic carbocycles. The van der Waals surface area contributed by atoms with Crippen LogP contribution in [0.15, 0.2) is 24.4 Å². The van der Waals surface area contributed by atoms with Crippen LogP contribution in [0.3, 0.4) is 0 Å². The van der Waals surface area contributed by atoms with Crippen LogP contribution >= 0.6 is 0 Å². The SMILES string of the molecule is CCNCc1cnc(C)n1Cc1ccc2c(c1)CCC2. The van der Waals surface area contributed by atoms with Gasteiger partial charge in [-0.05, 0) is 49.4 Å². The van der Waals surface area contributed by atoms with E-state index >= 15 is 0 Å². The Kier molecular flexibility index (Phi) is 3.88. The summed E-state index contributed by atoms with van der Waals surface area (Å²) in [5.41, 5.74) is 5.76. The van der Waals surface area contributed by atoms with Gasteiger partial charge in [-0.3, -0.25) is 0 Å². The summed E-state index contributed by atoms with van der Waals surface area (Å²) >= 11 is 0. The van der Waals surface area contributed by atoms with E-state index in [-0.39, 0.29) is 0 Å². The summed E-state index contributed by atoms with van der Waals surface area (Å²) in [5.74, 6) is 1.10. The minimum absolute atomic E-state index is 0.891. The first-order chi connectivity index (χ1) is 9.78. The fourth-order valence-corrected chi connectivity index (χ4v) is 3.03. The number of fused-ring (bicyclic) bond motifs is 1. The smallest absolute Gasteiger partial charge is 0.106 e. The summed E-state index contributed by atoms with van der Waals surface area (Å²) in [7, 11) is 0. The lowest BCUT2D eigenvalue weighted by Gasteiger charge is -2.12. The Hall–Kier alpha value is -1.61. The van der Waals surface area contributed by atoms with Gasteiger partial charge >= 0.3 is 0 Å². The van der Waals surface area contributed by atoms with Gasteiger partial charge in [0.25, 0.3) is 0 Å². The summed E-state index contributed by atoms with van der Waals surface area (Å²) in [5, 5.41) is 3.38. The first-order valence-electron chi connectivity index (χ1n) is 7.60. The zero-order valence-electron chi connectivity index (χ0n) is 12.4. The van der Waals surface area contributed by atoms with Crippen molar-refractivity contribution in [2.24, 2.45) is 0 Å². The molecule has 1 heterocycles. The molecule has 3 nitrogen and oxygen atoms in total. The van der Waals surface area contributed by atoms with Crippen LogP contribution in [0.5, 0.6) is 0 Å². The van der Waals surface area contributed by atoms with Crippen molar-refractivity contribution < 1.29 is 0 Å². The van der Waals surface area contributed by atoms with E-state index in [2.05, 4.69) is 46.9 Å². The molecule has 1 aliphatic carbocycles. The molecule has 0 atom stereocenters. The lowest BCUT2D eigenvalue weighted by Crippen LogP contribution is -2.16. The average molecular weight is 269 g/mol. The normalized spacial score (nSPS) is 13.7. The second kappa shape index (κ2) is 5.80. The van der Waals surface area contributed by atoms with Crippen molar-refractivity contribution in [1.29, 1.82) is 0 Å². The van der Waals surface area contributed by atoms with Gasteiger partial charge in [-0.1, -0.05) is 25.1 Å². The van der Waals surface area contributed by atoms with Gasteiger partial charge in [-0.2, -0.15) is 0 Å². The molecule has 3 heteroatoms. The molecule has 0 saturated heterocycles. The number of benzene rings is 1. The molecule has 0 unspecified atom stereocenters. The van der Waals surface area contributed by atoms with Crippen LogP contribution < -0.4 is 5.32 Å². The van der Waals surface area contributed by atoms with Crippen molar-refractivity contribution in [2.75, 3.05) is 6.54 Å². The van der Waals surface area contributed by atoms with Crippen LogP contribution in [0, 0.1) is 6.92 Å². The van der Waals surface area contributed by atoms with Crippen LogP contribution in [-0.2, 0) is 25.9 Å². The maximum atomic E-state index is 4.46. The third-order valence-electron chi connectivity index (χ3n) is 4.20. The Labute approximate surface area is 121 Å². The fraction of sp³-hybridized carbons (Fsp3) is 0.471. The van der Waals surface area contributed by atoms with Crippen LogP contribution in [-0.4, -0.2) is 16.1 Å². The molecule has 2 aromatic rings. The van der Waals surface area contributed by atoms with Crippen molar-refractivity contribution in [3.63, 3.8) is 0 Å². The van der Waals surface area contributed by atoms with E-state index in [1.807, 2.05) is 6.20 Å². The van der Waals surface area contributed by atoms with Crippen LogP contribution in [0.4, 0.5) is 0 Å². The number of hydrogen-bond acceptors (Lipinski definition) is 2. The van der Waals surface area contributed by atoms with Crippen molar-refractivity contribution in [3.8, 4) is 0 Å². The standard InChI is InChI=1S/C17H23N3/c1-3-18-10-17-11-19-13(2)20(17)12-14-7-8-15-5-4-6-16(15)9-14/h7-9,11,18H,3-6,10,12H2,1-2H3. The van der Waals surface area contributed by atoms with E-state index in [4.69, 9.17) is 0 Å². The topological polar surface area (TPSA) is 29.9 Å². The van der Waals surface area contributed by atoms with Gasteiger partial charge in [0, 0.05) is 19.3 Å². The molecule has 0 fully saturated rings. The molecule has 3 rings (SSSR count). The first-order valence-corrected chi connectivity index (χ1v) is 7.60. The number of nitrogens with one attached hydrogen (secondary N) is 1. The minimum atomic E-state index is 0.891. The Balaban J connectivity index is 1.82. The number of aryl methyl sites for hydroxylation is 3. The predicted octanol–water partition coefficient (Wildman–Crippen LogP) is 2.84. The molecule has 20 heavy (non-hydrogen) atoms. The van der Waals surface area contributed by atoms with Gasteiger partial charge in [0.2, 0.25) is 0 Å². The molecular formula is C17H23N3. The van der Waals surface area contributed by atoms with E-state index in [1.54, 1.807) is 11.1 Å². The van der Waals surface area contributed by atoms with Crippen molar-refractivity contribution in [1.82, 2.24) is 14.9 Å². The monoisotopic (exact) mass is 269 g/mol. The quantitative estimate of drug-likeness (QED) is 0.904. The first kappa shape index (κ1) is 13.4. The highest BCUT2D eigenvalue weighted by Crippen LogP contribution is 2.23. The van der Waals surface area contributed by atoms with Gasteiger partial charge in [0.15, 0.2) is 0 Å². The van der Waals surface area contributed by atoms with Gasteiger partial charge in [0.05, 0.1) is 5.69 Å². The molecule has 0 radical (unpaired) electrons. The Morgan fingerprint density at radius 2 is 2.10 bits per heavy atom. The lowest BCUT2D eigenvalue weighted by molar-refractivity contribution is 0.646. The molecule has 1 aromatic heterocycles. The lowest BCUT2D eigenvalue weighted by atomic mass is 10.1. The number of aromatic nitrogens is 2. The average Bonchev–Trinajstić information content (AvgIpc) is 3.05. The molecule has 0 aliphatic heterocycles. The Bertz CT molecular complexity index is 598. The van der Waals surface area contributed by atoms with E-state index in [9.17, 15) is 0 Å². The largest absolute Gasteiger partial charge is 0.327 e. The van der Waals surface area contributed by atoms with Gasteiger partial charge in [-0.15, -0.1) is 0 Å². The summed E-state index contributed by atoms with van der Waals surface area (Å²) in [6, 6.07) is 6.98. The third kappa shape index (κ3) is 2.63. The second-order valence-electron chi connectivity index (χ2n) is 5.62. The van der Waals surface area contributed by atoms with Crippen LogP contribution in [0.1, 0.15) is 41.6 Å². The molecule has 1 N–H and O–H groups in total. The third-order valence-corrected chi connectivity index (χ3v) is 4.20. The summed E-state index contributed by atoms with van der Waals surface area (Å²) in [4.78, 5) is 4.46. The van der Waals surface area contributed by atoms with Crippen LogP contribution in [0.25, 0.3) is 0 Å². The molecule has 1 aliphatic rings. The van der Waals surface area contributed by atoms with Crippen LogP contribution in [0.2, 0.25) is 0 Å². The maximum Gasteiger partial charge on any atom is 0.106 e. The molecular weight excluding hydrogens is 246 g/mol. The Morgan fingerprint density at radius 3 is 2.95 bits per heavy atom. The van der Waals surface area contributed by atoms with Crippen molar-refractivity contribution >= 4 is 0 Å². The highest BCUT2D eigenvalue weighted by atomic mass is 15.1. The highest BCUT2D eigenvalue weighted by Gasteiger charge is 2.12. The van der Waals surface area contributed by atoms with Gasteiger partial charge in [-0.25, -0.2) is 4.98 Å². The zero-order chi connectivity index (χ0) is 13.9. The van der Waals surface area contributed by atoms with E-state index in [0.717, 1.165) is 25.5 Å². The summed E-state index contributed by atoms with van der Waals surface area (Å²) < 4.78 is 2.32. The number of nitrogens with zero attached hydrogens (tertiary/aromatic N) is 2. The summed E-state index contributed by atoms with van der Waals surface area (Å²) in [6.45, 7) is 7.03. The van der Waals surface area contributed by atoms with E-state index in [1.165, 1.54) is 30.5 Å². The molecule has 106 valence electrons. The number of rotatable bonds is 5. The van der Waals surface area contributed by atoms with Gasteiger partial charge in [0.1, 0.15) is 5.82 Å². The molecule has 0 amide bonds. The fourth-order valence-electron chi connectivity index (χ4n) is 3.03. The predicted molar refractivity (Wildman–Crippen MR) is 81.9 cm³/mol. The van der Waals surface area contributed by atoms with E-state index in [0.29, 0.717) is 0 Å². The van der Waals surface area contributed by atoms with Gasteiger partial charge < -0.3 is 9.88 Å². The molecule has 0 spiro atoms. The molecule has 0 saturated carbocycles. The minimum Gasteiger partial charge on any atom is -0.327 e. The second-order valence-corrected chi connectivity index (χ2v) is 5.62. The zero-order valence-corrected chi connectivity index (χ0v) is 12.4. The van der Waals surface area contributed by atoms with Crippen molar-refractivity contribution in [2.45, 2.75) is 46.2 Å². The number of imidazole rings is 1. The summed E-state index contributed by atoms with van der Waals surface area (Å²) in [6.07, 6.45) is 5.81. The van der Waals surface area contributed by atoms with Crippen molar-refractivity contribution in [3.05, 3.63) is 52.6 Å².